The van der Waals surface area contributed by atoms with E-state index in [2.05, 4.69) is 15.3 Å². The van der Waals surface area contributed by atoms with Gasteiger partial charge in [-0.15, -0.1) is 0 Å². The number of aromatic nitrogens is 2. The molecule has 5 heteroatoms. The second kappa shape index (κ2) is 6.24. The van der Waals surface area contributed by atoms with Gasteiger partial charge in [-0.25, -0.2) is 14.4 Å². The van der Waals surface area contributed by atoms with Gasteiger partial charge in [-0.05, 0) is 30.7 Å². The van der Waals surface area contributed by atoms with Crippen LogP contribution in [0.1, 0.15) is 17.1 Å². The first-order valence-electron chi connectivity index (χ1n) is 6.00. The van der Waals surface area contributed by atoms with Gasteiger partial charge in [0, 0.05) is 19.3 Å². The fourth-order valence-corrected chi connectivity index (χ4v) is 1.76. The Morgan fingerprint density at radius 3 is 2.79 bits per heavy atom. The van der Waals surface area contributed by atoms with E-state index in [0.717, 1.165) is 17.1 Å². The van der Waals surface area contributed by atoms with Crippen LogP contribution in [0.4, 0.5) is 4.39 Å². The zero-order chi connectivity index (χ0) is 13.7. The molecule has 1 aromatic carbocycles. The quantitative estimate of drug-likeness (QED) is 0.896. The van der Waals surface area contributed by atoms with Gasteiger partial charge in [-0.2, -0.15) is 0 Å². The molecule has 2 aromatic rings. The summed E-state index contributed by atoms with van der Waals surface area (Å²) < 4.78 is 18.4. The van der Waals surface area contributed by atoms with Crippen LogP contribution in [0.15, 0.2) is 30.5 Å². The molecular weight excluding hydrogens is 245 g/mol. The van der Waals surface area contributed by atoms with E-state index < -0.39 is 0 Å². The van der Waals surface area contributed by atoms with Crippen LogP contribution in [-0.4, -0.2) is 17.1 Å². The Morgan fingerprint density at radius 1 is 1.26 bits per heavy atom. The highest BCUT2D eigenvalue weighted by molar-refractivity contribution is 5.29. The van der Waals surface area contributed by atoms with Crippen LogP contribution in [0.5, 0.6) is 5.75 Å². The molecule has 2 rings (SSSR count). The lowest BCUT2D eigenvalue weighted by Gasteiger charge is -2.07. The molecule has 0 amide bonds. The predicted molar refractivity (Wildman–Crippen MR) is 70.3 cm³/mol. The van der Waals surface area contributed by atoms with Crippen LogP contribution >= 0.6 is 0 Å². The molecule has 0 aliphatic rings. The van der Waals surface area contributed by atoms with Crippen LogP contribution in [0.2, 0.25) is 0 Å². The van der Waals surface area contributed by atoms with Crippen molar-refractivity contribution in [1.29, 1.82) is 0 Å². The van der Waals surface area contributed by atoms with Gasteiger partial charge in [0.2, 0.25) is 0 Å². The van der Waals surface area contributed by atoms with Gasteiger partial charge >= 0.3 is 0 Å². The third-order valence-electron chi connectivity index (χ3n) is 2.69. The number of halogens is 1. The molecule has 0 saturated carbocycles. The normalized spacial score (nSPS) is 10.5. The van der Waals surface area contributed by atoms with Crippen molar-refractivity contribution in [3.8, 4) is 5.75 Å². The van der Waals surface area contributed by atoms with E-state index in [9.17, 15) is 4.39 Å². The Balaban J connectivity index is 1.90. The maximum Gasteiger partial charge on any atom is 0.165 e. The van der Waals surface area contributed by atoms with Gasteiger partial charge in [-0.3, -0.25) is 0 Å². The van der Waals surface area contributed by atoms with Crippen molar-refractivity contribution in [2.24, 2.45) is 0 Å². The second-order valence-electron chi connectivity index (χ2n) is 4.17. The zero-order valence-electron chi connectivity index (χ0n) is 11.0. The molecule has 0 aliphatic heterocycles. The van der Waals surface area contributed by atoms with Gasteiger partial charge in [0.25, 0.3) is 0 Å². The Bertz CT molecular complexity index is 560. The summed E-state index contributed by atoms with van der Waals surface area (Å²) in [6.07, 6.45) is 1.73. The summed E-state index contributed by atoms with van der Waals surface area (Å²) in [6, 6.07) is 6.78. The predicted octanol–water partition coefficient (Wildman–Crippen LogP) is 2.22. The Kier molecular flexibility index (Phi) is 4.41. The van der Waals surface area contributed by atoms with Crippen LogP contribution in [0, 0.1) is 12.7 Å². The molecule has 1 aromatic heterocycles. The first kappa shape index (κ1) is 13.4. The molecular formula is C14H16FN3O. The highest BCUT2D eigenvalue weighted by Crippen LogP contribution is 2.17. The van der Waals surface area contributed by atoms with Gasteiger partial charge in [-0.1, -0.05) is 6.07 Å². The van der Waals surface area contributed by atoms with E-state index in [4.69, 9.17) is 4.74 Å². The largest absolute Gasteiger partial charge is 0.494 e. The zero-order valence-corrected chi connectivity index (χ0v) is 11.0. The third kappa shape index (κ3) is 3.72. The molecule has 0 radical (unpaired) electrons. The number of rotatable bonds is 5. The average Bonchev–Trinajstić information content (AvgIpc) is 2.39. The summed E-state index contributed by atoms with van der Waals surface area (Å²) in [5, 5.41) is 3.21. The fraction of sp³-hybridized carbons (Fsp3) is 0.286. The van der Waals surface area contributed by atoms with Gasteiger partial charge in [0.05, 0.1) is 12.8 Å². The molecule has 0 aliphatic carbocycles. The smallest absolute Gasteiger partial charge is 0.165 e. The van der Waals surface area contributed by atoms with E-state index in [1.807, 2.05) is 19.1 Å². The summed E-state index contributed by atoms with van der Waals surface area (Å²) in [5.41, 5.74) is 1.78. The molecule has 0 saturated heterocycles. The maximum atomic E-state index is 13.5. The molecule has 0 bridgehead atoms. The van der Waals surface area contributed by atoms with Crippen LogP contribution < -0.4 is 10.1 Å². The lowest BCUT2D eigenvalue weighted by atomic mass is 10.2. The minimum Gasteiger partial charge on any atom is -0.494 e. The summed E-state index contributed by atoms with van der Waals surface area (Å²) >= 11 is 0. The summed E-state index contributed by atoms with van der Waals surface area (Å²) in [4.78, 5) is 8.32. The number of ether oxygens (including phenoxy) is 1. The van der Waals surface area contributed by atoms with E-state index in [0.29, 0.717) is 13.1 Å². The van der Waals surface area contributed by atoms with Gasteiger partial charge < -0.3 is 10.1 Å². The van der Waals surface area contributed by atoms with Crippen LogP contribution in [0.3, 0.4) is 0 Å². The van der Waals surface area contributed by atoms with Crippen molar-refractivity contribution in [1.82, 2.24) is 15.3 Å². The Hall–Kier alpha value is -2.01. The lowest BCUT2D eigenvalue weighted by molar-refractivity contribution is 0.386. The maximum absolute atomic E-state index is 13.5. The molecule has 1 N–H and O–H groups in total. The van der Waals surface area contributed by atoms with Crippen molar-refractivity contribution < 1.29 is 9.13 Å². The molecule has 19 heavy (non-hydrogen) atoms. The number of nitrogens with zero attached hydrogens (tertiary/aromatic N) is 2. The highest BCUT2D eigenvalue weighted by Gasteiger charge is 2.03. The number of nitrogens with one attached hydrogen (secondary N) is 1. The van der Waals surface area contributed by atoms with E-state index in [1.54, 1.807) is 12.3 Å². The van der Waals surface area contributed by atoms with Crippen molar-refractivity contribution in [2.75, 3.05) is 7.11 Å². The van der Waals surface area contributed by atoms with Crippen LogP contribution in [-0.2, 0) is 13.1 Å². The SMILES string of the molecule is COc1ccc(CNCc2ccnc(C)n2)cc1F. The molecule has 0 spiro atoms. The third-order valence-corrected chi connectivity index (χ3v) is 2.69. The topological polar surface area (TPSA) is 47.0 Å². The van der Waals surface area contributed by atoms with Crippen molar-refractivity contribution >= 4 is 0 Å². The molecule has 0 unspecified atom stereocenters. The van der Waals surface area contributed by atoms with Crippen LogP contribution in [0.25, 0.3) is 0 Å². The van der Waals surface area contributed by atoms with E-state index >= 15 is 0 Å². The lowest BCUT2D eigenvalue weighted by Crippen LogP contribution is -2.14. The molecule has 0 fully saturated rings. The number of aryl methyl sites for hydroxylation is 1. The minimum atomic E-state index is -0.348. The molecule has 0 atom stereocenters. The summed E-state index contributed by atoms with van der Waals surface area (Å²) in [5.74, 6) is 0.657. The number of hydrogen-bond donors (Lipinski definition) is 1. The molecule has 1 heterocycles. The van der Waals surface area contributed by atoms with Gasteiger partial charge in [0.1, 0.15) is 5.82 Å². The second-order valence-corrected chi connectivity index (χ2v) is 4.17. The monoisotopic (exact) mass is 261 g/mol. The standard InChI is InChI=1S/C14H16FN3O/c1-10-17-6-5-12(18-10)9-16-8-11-3-4-14(19-2)13(15)7-11/h3-7,16H,8-9H2,1-2H3. The molecule has 100 valence electrons. The number of benzene rings is 1. The Labute approximate surface area is 111 Å². The highest BCUT2D eigenvalue weighted by atomic mass is 19.1. The summed E-state index contributed by atoms with van der Waals surface area (Å²) in [6.45, 7) is 3.04. The Morgan fingerprint density at radius 2 is 2.11 bits per heavy atom. The fourth-order valence-electron chi connectivity index (χ4n) is 1.76. The van der Waals surface area contributed by atoms with Gasteiger partial charge in [0.15, 0.2) is 11.6 Å². The number of hydrogen-bond acceptors (Lipinski definition) is 4. The minimum absolute atomic E-state index is 0.259. The van der Waals surface area contributed by atoms with Crippen molar-refractivity contribution in [3.05, 3.63) is 53.4 Å². The summed E-state index contributed by atoms with van der Waals surface area (Å²) in [7, 11) is 1.45. The molecule has 4 nitrogen and oxygen atoms in total. The van der Waals surface area contributed by atoms with E-state index in [1.165, 1.54) is 13.2 Å². The first-order valence-corrected chi connectivity index (χ1v) is 6.00. The van der Waals surface area contributed by atoms with E-state index in [-0.39, 0.29) is 11.6 Å². The average molecular weight is 261 g/mol. The van der Waals surface area contributed by atoms with Crippen molar-refractivity contribution in [3.63, 3.8) is 0 Å². The first-order chi connectivity index (χ1) is 9.19. The van der Waals surface area contributed by atoms with Crippen molar-refractivity contribution in [2.45, 2.75) is 20.0 Å². The number of methoxy groups -OCH3 is 1.